The zero-order valence-corrected chi connectivity index (χ0v) is 15.4. The second-order valence-corrected chi connectivity index (χ2v) is 5.82. The number of nitrogens with zero attached hydrogens (tertiary/aromatic N) is 6. The van der Waals surface area contributed by atoms with Gasteiger partial charge in [0.25, 0.3) is 5.89 Å². The van der Waals surface area contributed by atoms with E-state index >= 15 is 0 Å². The summed E-state index contributed by atoms with van der Waals surface area (Å²) in [5.74, 6) is 0.695. The van der Waals surface area contributed by atoms with Gasteiger partial charge in [-0.3, -0.25) is 0 Å². The number of esters is 1. The van der Waals surface area contributed by atoms with Crippen LogP contribution >= 0.6 is 0 Å². The summed E-state index contributed by atoms with van der Waals surface area (Å²) in [6.07, 6.45) is 1.46. The third-order valence-electron chi connectivity index (χ3n) is 3.94. The van der Waals surface area contributed by atoms with E-state index in [9.17, 15) is 4.79 Å². The first kappa shape index (κ1) is 18.3. The topological polar surface area (TPSA) is 118 Å². The van der Waals surface area contributed by atoms with Crippen molar-refractivity contribution in [1.82, 2.24) is 30.3 Å². The van der Waals surface area contributed by atoms with E-state index in [0.717, 1.165) is 5.69 Å². The van der Waals surface area contributed by atoms with Gasteiger partial charge >= 0.3 is 5.97 Å². The summed E-state index contributed by atoms with van der Waals surface area (Å²) in [6, 6.07) is 14.0. The summed E-state index contributed by atoms with van der Waals surface area (Å²) >= 11 is 0. The second-order valence-electron chi connectivity index (χ2n) is 5.82. The molecule has 0 fully saturated rings. The molecule has 4 rings (SSSR count). The number of tetrazole rings is 1. The van der Waals surface area contributed by atoms with Crippen LogP contribution in [0, 0.1) is 0 Å². The molecule has 29 heavy (non-hydrogen) atoms. The van der Waals surface area contributed by atoms with Crippen molar-refractivity contribution >= 4 is 5.97 Å². The lowest BCUT2D eigenvalue weighted by Gasteiger charge is -2.06. The minimum absolute atomic E-state index is 0.141. The number of carbonyl (C=O) groups is 1. The van der Waals surface area contributed by atoms with Gasteiger partial charge in [0, 0.05) is 0 Å². The molecule has 0 amide bonds. The van der Waals surface area contributed by atoms with E-state index in [0.29, 0.717) is 29.3 Å². The zero-order chi connectivity index (χ0) is 20.1. The van der Waals surface area contributed by atoms with E-state index in [1.54, 1.807) is 24.3 Å². The molecule has 0 spiro atoms. The van der Waals surface area contributed by atoms with Gasteiger partial charge in [-0.15, -0.1) is 5.10 Å². The van der Waals surface area contributed by atoms with E-state index in [1.165, 1.54) is 11.0 Å². The van der Waals surface area contributed by atoms with Crippen molar-refractivity contribution < 1.29 is 18.8 Å². The van der Waals surface area contributed by atoms with E-state index < -0.39 is 5.97 Å². The van der Waals surface area contributed by atoms with Crippen LogP contribution in [0.5, 0.6) is 5.75 Å². The summed E-state index contributed by atoms with van der Waals surface area (Å²) in [5, 5.41) is 14.9. The summed E-state index contributed by atoms with van der Waals surface area (Å²) < 4.78 is 17.5. The molecule has 4 aromatic rings. The summed E-state index contributed by atoms with van der Waals surface area (Å²) in [6.45, 7) is 2.27. The molecule has 10 nitrogen and oxygen atoms in total. The fraction of sp³-hybridized carbons (Fsp3) is 0.158. The molecular weight excluding hydrogens is 376 g/mol. The summed E-state index contributed by atoms with van der Waals surface area (Å²) in [5.41, 5.74) is 1.80. The highest BCUT2D eigenvalue weighted by Crippen LogP contribution is 2.27. The van der Waals surface area contributed by atoms with Gasteiger partial charge in [-0.05, 0) is 53.7 Å². The predicted octanol–water partition coefficient (Wildman–Crippen LogP) is 2.47. The first-order valence-electron chi connectivity index (χ1n) is 8.80. The van der Waals surface area contributed by atoms with Gasteiger partial charge in [0.2, 0.25) is 5.82 Å². The van der Waals surface area contributed by atoms with Crippen LogP contribution in [-0.2, 0) is 11.3 Å². The number of hydrogen-bond donors (Lipinski definition) is 0. The lowest BCUT2D eigenvalue weighted by Crippen LogP contribution is -2.06. The minimum Gasteiger partial charge on any atom is -0.493 e. The van der Waals surface area contributed by atoms with Crippen LogP contribution in [0.2, 0.25) is 0 Å². The van der Waals surface area contributed by atoms with Gasteiger partial charge in [-0.1, -0.05) is 17.3 Å². The van der Waals surface area contributed by atoms with Crippen LogP contribution in [0.3, 0.4) is 0 Å². The Hall–Kier alpha value is -4.08. The maximum absolute atomic E-state index is 12.3. The van der Waals surface area contributed by atoms with Crippen LogP contribution in [0.4, 0.5) is 0 Å². The van der Waals surface area contributed by atoms with Crippen molar-refractivity contribution in [2.45, 2.75) is 13.5 Å². The molecule has 0 aliphatic heterocycles. The van der Waals surface area contributed by atoms with Gasteiger partial charge < -0.3 is 14.0 Å². The Kier molecular flexibility index (Phi) is 5.23. The molecule has 0 aliphatic rings. The van der Waals surface area contributed by atoms with Crippen LogP contribution in [0.15, 0.2) is 59.4 Å². The number of rotatable bonds is 7. The second kappa shape index (κ2) is 8.30. The Morgan fingerprint density at radius 1 is 1.14 bits per heavy atom. The SMILES string of the molecule is CCOc1ccccc1-c1noc(COC(=O)c2ccc(-n3cnnn3)cc2)n1. The first-order valence-corrected chi connectivity index (χ1v) is 8.80. The maximum Gasteiger partial charge on any atom is 0.338 e. The third-order valence-corrected chi connectivity index (χ3v) is 3.94. The number of carbonyl (C=O) groups excluding carboxylic acids is 1. The monoisotopic (exact) mass is 392 g/mol. The van der Waals surface area contributed by atoms with Crippen LogP contribution in [-0.4, -0.2) is 42.9 Å². The molecule has 0 N–H and O–H groups in total. The van der Waals surface area contributed by atoms with Crippen molar-refractivity contribution in [2.24, 2.45) is 0 Å². The zero-order valence-electron chi connectivity index (χ0n) is 15.4. The van der Waals surface area contributed by atoms with Crippen LogP contribution < -0.4 is 4.74 Å². The largest absolute Gasteiger partial charge is 0.493 e. The van der Waals surface area contributed by atoms with Crippen molar-refractivity contribution in [3.63, 3.8) is 0 Å². The molecule has 0 atom stereocenters. The van der Waals surface area contributed by atoms with E-state index in [-0.39, 0.29) is 12.5 Å². The minimum atomic E-state index is -0.511. The number of hydrogen-bond acceptors (Lipinski definition) is 9. The summed E-state index contributed by atoms with van der Waals surface area (Å²) in [4.78, 5) is 16.5. The Labute approximate surface area is 165 Å². The number of para-hydroxylation sites is 1. The quantitative estimate of drug-likeness (QED) is 0.437. The molecule has 0 bridgehead atoms. The molecule has 0 unspecified atom stereocenters. The average molecular weight is 392 g/mol. The molecule has 2 aromatic carbocycles. The van der Waals surface area contributed by atoms with Gasteiger partial charge in [-0.25, -0.2) is 9.48 Å². The van der Waals surface area contributed by atoms with Crippen molar-refractivity contribution in [3.05, 3.63) is 66.3 Å². The average Bonchev–Trinajstić information content (AvgIpc) is 3.45. The van der Waals surface area contributed by atoms with E-state index in [1.807, 2.05) is 31.2 Å². The fourth-order valence-electron chi connectivity index (χ4n) is 2.60. The molecule has 0 saturated carbocycles. The number of ether oxygens (including phenoxy) is 2. The summed E-state index contributed by atoms with van der Waals surface area (Å²) in [7, 11) is 0. The molecule has 0 radical (unpaired) electrons. The number of benzene rings is 2. The Balaban J connectivity index is 1.40. The van der Waals surface area contributed by atoms with E-state index in [4.69, 9.17) is 14.0 Å². The molecule has 146 valence electrons. The van der Waals surface area contributed by atoms with Crippen molar-refractivity contribution in [1.29, 1.82) is 0 Å². The fourth-order valence-corrected chi connectivity index (χ4v) is 2.60. The number of aromatic nitrogens is 6. The molecule has 0 saturated heterocycles. The highest BCUT2D eigenvalue weighted by atomic mass is 16.6. The molecule has 10 heteroatoms. The van der Waals surface area contributed by atoms with Crippen molar-refractivity contribution in [2.75, 3.05) is 6.61 Å². The predicted molar refractivity (Wildman–Crippen MR) is 99.2 cm³/mol. The molecule has 2 aromatic heterocycles. The van der Waals surface area contributed by atoms with Crippen LogP contribution in [0.1, 0.15) is 23.2 Å². The molecular formula is C19H16N6O4. The highest BCUT2D eigenvalue weighted by molar-refractivity contribution is 5.89. The van der Waals surface area contributed by atoms with Gasteiger partial charge in [0.05, 0.1) is 23.4 Å². The Morgan fingerprint density at radius 2 is 1.97 bits per heavy atom. The lowest BCUT2D eigenvalue weighted by molar-refractivity contribution is 0.0430. The highest BCUT2D eigenvalue weighted by Gasteiger charge is 2.15. The van der Waals surface area contributed by atoms with Crippen LogP contribution in [0.25, 0.3) is 17.1 Å². The maximum atomic E-state index is 12.3. The van der Waals surface area contributed by atoms with Gasteiger partial charge in [-0.2, -0.15) is 4.98 Å². The molecule has 2 heterocycles. The van der Waals surface area contributed by atoms with Gasteiger partial charge in [0.15, 0.2) is 6.61 Å². The Morgan fingerprint density at radius 3 is 2.72 bits per heavy atom. The normalized spacial score (nSPS) is 10.7. The van der Waals surface area contributed by atoms with Crippen molar-refractivity contribution in [3.8, 4) is 22.8 Å². The smallest absolute Gasteiger partial charge is 0.338 e. The first-order chi connectivity index (χ1) is 14.2. The molecule has 0 aliphatic carbocycles. The Bertz CT molecular complexity index is 1090. The lowest BCUT2D eigenvalue weighted by atomic mass is 10.2. The third kappa shape index (κ3) is 4.10. The standard InChI is InChI=1S/C19H16N6O4/c1-2-27-16-6-4-3-5-15(16)18-21-17(29-22-18)11-28-19(26)13-7-9-14(10-8-13)25-12-20-23-24-25/h3-10,12H,2,11H2,1H3. The van der Waals surface area contributed by atoms with E-state index in [2.05, 4.69) is 25.7 Å². The van der Waals surface area contributed by atoms with Gasteiger partial charge in [0.1, 0.15) is 12.1 Å².